The topological polar surface area (TPSA) is 88.5 Å². The first kappa shape index (κ1) is 25.6. The lowest BCUT2D eigenvalue weighted by Gasteiger charge is -2.27. The molecule has 0 saturated carbocycles. The SMILES string of the molecule is CCOc1ccc([C@H]2/C(=C(\O)c3ccc4c(c3)OCCO4)C(=O)C(=O)N2CCCN(CC)CC)cc1. The number of aliphatic hydroxyl groups excluding tert-OH is 1. The van der Waals surface area contributed by atoms with E-state index < -0.39 is 17.7 Å². The van der Waals surface area contributed by atoms with Crippen LogP contribution in [0.1, 0.15) is 44.4 Å². The van der Waals surface area contributed by atoms with Gasteiger partial charge in [-0.25, -0.2) is 0 Å². The quantitative estimate of drug-likeness (QED) is 0.303. The van der Waals surface area contributed by atoms with Crippen LogP contribution in [-0.4, -0.2) is 72.6 Å². The largest absolute Gasteiger partial charge is 0.507 e. The second-order valence-corrected chi connectivity index (χ2v) is 8.73. The minimum absolute atomic E-state index is 0.0728. The summed E-state index contributed by atoms with van der Waals surface area (Å²) in [6, 6.07) is 11.6. The predicted molar refractivity (Wildman–Crippen MR) is 136 cm³/mol. The first-order valence-electron chi connectivity index (χ1n) is 12.6. The number of hydrogen-bond acceptors (Lipinski definition) is 7. The summed E-state index contributed by atoms with van der Waals surface area (Å²) in [5.74, 6) is 0.257. The third kappa shape index (κ3) is 5.18. The summed E-state index contributed by atoms with van der Waals surface area (Å²) in [7, 11) is 0. The van der Waals surface area contributed by atoms with Crippen molar-refractivity contribution < 1.29 is 28.9 Å². The van der Waals surface area contributed by atoms with Crippen molar-refractivity contribution in [1.29, 1.82) is 0 Å². The van der Waals surface area contributed by atoms with Crippen molar-refractivity contribution in [2.75, 3.05) is 46.0 Å². The van der Waals surface area contributed by atoms with Crippen LogP contribution in [0.5, 0.6) is 17.2 Å². The molecule has 0 unspecified atom stereocenters. The Morgan fingerprint density at radius 3 is 2.39 bits per heavy atom. The van der Waals surface area contributed by atoms with Crippen LogP contribution in [0.25, 0.3) is 5.76 Å². The van der Waals surface area contributed by atoms with Crippen molar-refractivity contribution in [3.8, 4) is 17.2 Å². The maximum atomic E-state index is 13.3. The van der Waals surface area contributed by atoms with Crippen LogP contribution in [0.15, 0.2) is 48.0 Å². The molecule has 0 spiro atoms. The number of rotatable bonds is 10. The zero-order valence-corrected chi connectivity index (χ0v) is 21.2. The van der Waals surface area contributed by atoms with E-state index in [0.29, 0.717) is 55.6 Å². The summed E-state index contributed by atoms with van der Waals surface area (Å²) in [5, 5.41) is 11.3. The number of carbonyl (C=O) groups is 2. The monoisotopic (exact) mass is 494 g/mol. The number of aliphatic hydroxyl groups is 1. The Morgan fingerprint density at radius 2 is 1.72 bits per heavy atom. The fraction of sp³-hybridized carbons (Fsp3) is 0.429. The van der Waals surface area contributed by atoms with Crippen molar-refractivity contribution in [2.45, 2.75) is 33.2 Å². The van der Waals surface area contributed by atoms with E-state index in [1.807, 2.05) is 31.2 Å². The molecule has 1 N–H and O–H groups in total. The molecule has 1 saturated heterocycles. The van der Waals surface area contributed by atoms with Crippen LogP contribution in [0.4, 0.5) is 0 Å². The number of likely N-dealkylation sites (tertiary alicyclic amines) is 1. The number of ketones is 1. The lowest BCUT2D eigenvalue weighted by Crippen LogP contribution is -2.33. The Labute approximate surface area is 212 Å². The fourth-order valence-electron chi connectivity index (χ4n) is 4.72. The molecule has 2 aromatic carbocycles. The van der Waals surface area contributed by atoms with Crippen LogP contribution in [0.2, 0.25) is 0 Å². The third-order valence-electron chi connectivity index (χ3n) is 6.63. The van der Waals surface area contributed by atoms with Gasteiger partial charge in [-0.2, -0.15) is 0 Å². The number of carbonyl (C=O) groups excluding carboxylic acids is 2. The zero-order valence-electron chi connectivity index (χ0n) is 21.2. The first-order valence-corrected chi connectivity index (χ1v) is 12.6. The molecule has 192 valence electrons. The molecular formula is C28H34N2O6. The van der Waals surface area contributed by atoms with Crippen molar-refractivity contribution in [2.24, 2.45) is 0 Å². The minimum atomic E-state index is -0.703. The van der Waals surface area contributed by atoms with Gasteiger partial charge in [-0.05, 0) is 68.9 Å². The lowest BCUT2D eigenvalue weighted by atomic mass is 9.95. The molecule has 2 aliphatic rings. The van der Waals surface area contributed by atoms with E-state index in [0.717, 1.165) is 25.2 Å². The molecule has 8 nitrogen and oxygen atoms in total. The average Bonchev–Trinajstić information content (AvgIpc) is 3.16. The highest BCUT2D eigenvalue weighted by Crippen LogP contribution is 2.41. The molecule has 0 radical (unpaired) electrons. The molecule has 36 heavy (non-hydrogen) atoms. The Kier molecular flexibility index (Phi) is 8.15. The molecule has 0 aliphatic carbocycles. The van der Waals surface area contributed by atoms with Crippen LogP contribution in [-0.2, 0) is 9.59 Å². The zero-order chi connectivity index (χ0) is 25.7. The molecule has 4 rings (SSSR count). The lowest BCUT2D eigenvalue weighted by molar-refractivity contribution is -0.140. The third-order valence-corrected chi connectivity index (χ3v) is 6.63. The van der Waals surface area contributed by atoms with E-state index >= 15 is 0 Å². The molecule has 1 amide bonds. The van der Waals surface area contributed by atoms with E-state index in [-0.39, 0.29) is 11.3 Å². The smallest absolute Gasteiger partial charge is 0.295 e. The number of hydrogen-bond donors (Lipinski definition) is 1. The number of Topliss-reactive ketones (excluding diaryl/α,β-unsaturated/α-hetero) is 1. The van der Waals surface area contributed by atoms with Crippen molar-refractivity contribution >= 4 is 17.4 Å². The van der Waals surface area contributed by atoms with Gasteiger partial charge in [-0.3, -0.25) is 9.59 Å². The molecule has 8 heteroatoms. The summed E-state index contributed by atoms with van der Waals surface area (Å²) in [4.78, 5) is 30.3. The van der Waals surface area contributed by atoms with Gasteiger partial charge >= 0.3 is 0 Å². The van der Waals surface area contributed by atoms with Gasteiger partial charge in [0.15, 0.2) is 11.5 Å². The Morgan fingerprint density at radius 1 is 1.03 bits per heavy atom. The Bertz CT molecular complexity index is 1120. The molecule has 2 aromatic rings. The maximum absolute atomic E-state index is 13.3. The molecule has 1 atom stereocenters. The van der Waals surface area contributed by atoms with Crippen molar-refractivity contribution in [3.63, 3.8) is 0 Å². The summed E-state index contributed by atoms with van der Waals surface area (Å²) in [6.07, 6.45) is 0.715. The highest BCUT2D eigenvalue weighted by molar-refractivity contribution is 6.46. The highest BCUT2D eigenvalue weighted by Gasteiger charge is 2.45. The molecule has 2 aliphatic heterocycles. The van der Waals surface area contributed by atoms with Gasteiger partial charge in [0.2, 0.25) is 0 Å². The molecule has 0 aromatic heterocycles. The minimum Gasteiger partial charge on any atom is -0.507 e. The van der Waals surface area contributed by atoms with Crippen LogP contribution < -0.4 is 14.2 Å². The number of nitrogens with zero attached hydrogens (tertiary/aromatic N) is 2. The normalized spacial score (nSPS) is 18.7. The maximum Gasteiger partial charge on any atom is 0.295 e. The fourth-order valence-corrected chi connectivity index (χ4v) is 4.72. The number of amides is 1. The van der Waals surface area contributed by atoms with Gasteiger partial charge in [0.05, 0.1) is 18.2 Å². The van der Waals surface area contributed by atoms with Gasteiger partial charge in [0.1, 0.15) is 24.7 Å². The van der Waals surface area contributed by atoms with E-state index in [9.17, 15) is 14.7 Å². The van der Waals surface area contributed by atoms with Gasteiger partial charge in [0, 0.05) is 12.1 Å². The number of ether oxygens (including phenoxy) is 3. The van der Waals surface area contributed by atoms with E-state index in [4.69, 9.17) is 14.2 Å². The summed E-state index contributed by atoms with van der Waals surface area (Å²) in [6.45, 7) is 10.6. The number of fused-ring (bicyclic) bond motifs is 1. The van der Waals surface area contributed by atoms with E-state index in [1.54, 1.807) is 23.1 Å². The van der Waals surface area contributed by atoms with Crippen LogP contribution >= 0.6 is 0 Å². The first-order chi connectivity index (χ1) is 17.5. The summed E-state index contributed by atoms with van der Waals surface area (Å²) < 4.78 is 16.8. The standard InChI is InChI=1S/C28H34N2O6/c1-4-29(5-2)14-7-15-30-25(19-8-11-21(12-9-19)34-6-3)24(27(32)28(30)33)26(31)20-10-13-22-23(18-20)36-17-16-35-22/h8-13,18,25,31H,4-7,14-17H2,1-3H3/b26-24+/t25-/m0/s1. The number of benzene rings is 2. The Balaban J connectivity index is 1.72. The molecule has 0 bridgehead atoms. The molecular weight excluding hydrogens is 460 g/mol. The summed E-state index contributed by atoms with van der Waals surface area (Å²) in [5.41, 5.74) is 1.21. The average molecular weight is 495 g/mol. The van der Waals surface area contributed by atoms with E-state index in [2.05, 4.69) is 18.7 Å². The van der Waals surface area contributed by atoms with Crippen molar-refractivity contribution in [3.05, 3.63) is 59.2 Å². The Hall–Kier alpha value is -3.52. The van der Waals surface area contributed by atoms with Crippen LogP contribution in [0.3, 0.4) is 0 Å². The predicted octanol–water partition coefficient (Wildman–Crippen LogP) is 4.01. The van der Waals surface area contributed by atoms with Gasteiger partial charge < -0.3 is 29.1 Å². The van der Waals surface area contributed by atoms with Crippen molar-refractivity contribution in [1.82, 2.24) is 9.80 Å². The highest BCUT2D eigenvalue weighted by atomic mass is 16.6. The van der Waals surface area contributed by atoms with Gasteiger partial charge in [0.25, 0.3) is 11.7 Å². The molecule has 2 heterocycles. The second-order valence-electron chi connectivity index (χ2n) is 8.73. The second kappa shape index (κ2) is 11.5. The van der Waals surface area contributed by atoms with Gasteiger partial charge in [-0.1, -0.05) is 26.0 Å². The van der Waals surface area contributed by atoms with Crippen LogP contribution in [0, 0.1) is 0 Å². The van der Waals surface area contributed by atoms with E-state index in [1.165, 1.54) is 0 Å². The summed E-state index contributed by atoms with van der Waals surface area (Å²) >= 11 is 0. The van der Waals surface area contributed by atoms with Gasteiger partial charge in [-0.15, -0.1) is 0 Å². The molecule has 1 fully saturated rings.